The van der Waals surface area contributed by atoms with Gasteiger partial charge in [-0.05, 0) is 29.9 Å². The SMILES string of the molecule is CCC(NC(=O)[C@H](N)Cc1ccccc1)c1cccs1. The van der Waals surface area contributed by atoms with Gasteiger partial charge in [0.05, 0.1) is 12.1 Å². The molecule has 1 aromatic carbocycles. The van der Waals surface area contributed by atoms with Crippen molar-refractivity contribution in [1.29, 1.82) is 0 Å². The van der Waals surface area contributed by atoms with Crippen LogP contribution < -0.4 is 11.1 Å². The molecule has 0 aliphatic carbocycles. The van der Waals surface area contributed by atoms with Gasteiger partial charge in [-0.2, -0.15) is 0 Å². The Bertz CT molecular complexity index is 525. The van der Waals surface area contributed by atoms with Gasteiger partial charge in [0.25, 0.3) is 0 Å². The molecule has 1 aromatic heterocycles. The number of carbonyl (C=O) groups is 1. The molecule has 3 N–H and O–H groups in total. The fourth-order valence-corrected chi connectivity index (χ4v) is 2.96. The highest BCUT2D eigenvalue weighted by atomic mass is 32.1. The zero-order valence-electron chi connectivity index (χ0n) is 11.6. The molecule has 3 nitrogen and oxygen atoms in total. The molecule has 0 saturated heterocycles. The standard InChI is InChI=1S/C16H20N2OS/c1-2-14(15-9-6-10-20-15)18-16(19)13(17)11-12-7-4-3-5-8-12/h3-10,13-14H,2,11,17H2,1H3,(H,18,19)/t13-,14?/m1/s1. The molecule has 1 amide bonds. The van der Waals surface area contributed by atoms with Gasteiger partial charge in [-0.3, -0.25) is 4.79 Å². The first-order valence-corrected chi connectivity index (χ1v) is 7.72. The van der Waals surface area contributed by atoms with E-state index in [0.717, 1.165) is 12.0 Å². The third-order valence-corrected chi connectivity index (χ3v) is 4.23. The molecule has 20 heavy (non-hydrogen) atoms. The van der Waals surface area contributed by atoms with Crippen LogP contribution in [0.3, 0.4) is 0 Å². The summed E-state index contributed by atoms with van der Waals surface area (Å²) >= 11 is 1.66. The number of amides is 1. The molecule has 2 rings (SSSR count). The van der Waals surface area contributed by atoms with Crippen LogP contribution >= 0.6 is 11.3 Å². The van der Waals surface area contributed by atoms with Crippen molar-refractivity contribution in [2.24, 2.45) is 5.73 Å². The Kier molecular flexibility index (Phi) is 5.32. The van der Waals surface area contributed by atoms with Gasteiger partial charge < -0.3 is 11.1 Å². The molecule has 4 heteroatoms. The summed E-state index contributed by atoms with van der Waals surface area (Å²) in [6.45, 7) is 2.06. The van der Waals surface area contributed by atoms with Crippen molar-refractivity contribution in [3.8, 4) is 0 Å². The lowest BCUT2D eigenvalue weighted by Gasteiger charge is -2.19. The lowest BCUT2D eigenvalue weighted by Crippen LogP contribution is -2.43. The van der Waals surface area contributed by atoms with E-state index in [1.807, 2.05) is 47.8 Å². The topological polar surface area (TPSA) is 55.1 Å². The van der Waals surface area contributed by atoms with Crippen molar-refractivity contribution in [3.05, 3.63) is 58.3 Å². The third kappa shape index (κ3) is 3.92. The zero-order valence-corrected chi connectivity index (χ0v) is 12.4. The first-order valence-electron chi connectivity index (χ1n) is 6.84. The van der Waals surface area contributed by atoms with Gasteiger partial charge in [0, 0.05) is 4.88 Å². The van der Waals surface area contributed by atoms with Gasteiger partial charge in [0.2, 0.25) is 5.91 Å². The van der Waals surface area contributed by atoms with Crippen molar-refractivity contribution in [1.82, 2.24) is 5.32 Å². The quantitative estimate of drug-likeness (QED) is 0.858. The average molecular weight is 288 g/mol. The van der Waals surface area contributed by atoms with E-state index in [2.05, 4.69) is 12.2 Å². The van der Waals surface area contributed by atoms with Crippen LogP contribution in [0, 0.1) is 0 Å². The minimum atomic E-state index is -0.508. The smallest absolute Gasteiger partial charge is 0.237 e. The van der Waals surface area contributed by atoms with E-state index in [-0.39, 0.29) is 11.9 Å². The fraction of sp³-hybridized carbons (Fsp3) is 0.312. The summed E-state index contributed by atoms with van der Waals surface area (Å²) in [5.41, 5.74) is 7.08. The maximum Gasteiger partial charge on any atom is 0.237 e. The second kappa shape index (κ2) is 7.22. The van der Waals surface area contributed by atoms with Gasteiger partial charge >= 0.3 is 0 Å². The van der Waals surface area contributed by atoms with Gasteiger partial charge in [-0.15, -0.1) is 11.3 Å². The Hall–Kier alpha value is -1.65. The third-order valence-electron chi connectivity index (χ3n) is 3.25. The van der Waals surface area contributed by atoms with Crippen LogP contribution in [0.4, 0.5) is 0 Å². The molecule has 0 radical (unpaired) electrons. The van der Waals surface area contributed by atoms with Crippen LogP contribution in [0.1, 0.15) is 29.8 Å². The van der Waals surface area contributed by atoms with Crippen LogP contribution in [0.2, 0.25) is 0 Å². The zero-order chi connectivity index (χ0) is 14.4. The molecule has 0 bridgehead atoms. The Labute approximate surface area is 123 Å². The number of hydrogen-bond donors (Lipinski definition) is 2. The number of nitrogens with one attached hydrogen (secondary N) is 1. The summed E-state index contributed by atoms with van der Waals surface area (Å²) in [6.07, 6.45) is 1.43. The highest BCUT2D eigenvalue weighted by Gasteiger charge is 2.19. The van der Waals surface area contributed by atoms with Crippen LogP contribution in [0.25, 0.3) is 0 Å². The predicted octanol–water partition coefficient (Wildman–Crippen LogP) is 2.89. The molecule has 0 spiro atoms. The second-order valence-electron chi connectivity index (χ2n) is 4.78. The van der Waals surface area contributed by atoms with Crippen molar-refractivity contribution < 1.29 is 4.79 Å². The normalized spacial score (nSPS) is 13.7. The molecule has 0 aliphatic rings. The molecule has 0 aliphatic heterocycles. The van der Waals surface area contributed by atoms with Crippen LogP contribution in [0.5, 0.6) is 0 Å². The minimum Gasteiger partial charge on any atom is -0.347 e. The van der Waals surface area contributed by atoms with E-state index in [0.29, 0.717) is 6.42 Å². The molecule has 0 saturated carbocycles. The molecule has 1 unspecified atom stereocenters. The van der Waals surface area contributed by atoms with Gasteiger partial charge in [0.15, 0.2) is 0 Å². The summed E-state index contributed by atoms with van der Waals surface area (Å²) in [6, 6.07) is 13.4. The van der Waals surface area contributed by atoms with E-state index in [1.165, 1.54) is 4.88 Å². The summed E-state index contributed by atoms with van der Waals surface area (Å²) in [7, 11) is 0. The van der Waals surface area contributed by atoms with E-state index >= 15 is 0 Å². The van der Waals surface area contributed by atoms with Crippen molar-refractivity contribution >= 4 is 17.2 Å². The largest absolute Gasteiger partial charge is 0.347 e. The Balaban J connectivity index is 1.93. The van der Waals surface area contributed by atoms with Gasteiger partial charge in [0.1, 0.15) is 0 Å². The fourth-order valence-electron chi connectivity index (χ4n) is 2.10. The maximum absolute atomic E-state index is 12.2. The van der Waals surface area contributed by atoms with Crippen molar-refractivity contribution in [3.63, 3.8) is 0 Å². The monoisotopic (exact) mass is 288 g/mol. The predicted molar refractivity (Wildman–Crippen MR) is 83.6 cm³/mol. The van der Waals surface area contributed by atoms with E-state index in [1.54, 1.807) is 11.3 Å². The Morgan fingerprint density at radius 3 is 2.60 bits per heavy atom. The summed E-state index contributed by atoms with van der Waals surface area (Å²) in [5.74, 6) is -0.0888. The summed E-state index contributed by atoms with van der Waals surface area (Å²) < 4.78 is 0. The first kappa shape index (κ1) is 14.8. The summed E-state index contributed by atoms with van der Waals surface area (Å²) in [5, 5.41) is 5.06. The minimum absolute atomic E-state index is 0.0596. The van der Waals surface area contributed by atoms with Crippen LogP contribution in [-0.2, 0) is 11.2 Å². The molecular weight excluding hydrogens is 268 g/mol. The molecule has 2 atom stereocenters. The highest BCUT2D eigenvalue weighted by Crippen LogP contribution is 2.21. The Morgan fingerprint density at radius 1 is 1.25 bits per heavy atom. The maximum atomic E-state index is 12.2. The van der Waals surface area contributed by atoms with E-state index < -0.39 is 6.04 Å². The van der Waals surface area contributed by atoms with Crippen molar-refractivity contribution in [2.75, 3.05) is 0 Å². The molecule has 1 heterocycles. The van der Waals surface area contributed by atoms with Gasteiger partial charge in [-0.25, -0.2) is 0 Å². The lowest BCUT2D eigenvalue weighted by atomic mass is 10.1. The molecular formula is C16H20N2OS. The highest BCUT2D eigenvalue weighted by molar-refractivity contribution is 7.10. The van der Waals surface area contributed by atoms with Crippen LogP contribution in [-0.4, -0.2) is 11.9 Å². The van der Waals surface area contributed by atoms with E-state index in [9.17, 15) is 4.79 Å². The number of carbonyl (C=O) groups excluding carboxylic acids is 1. The van der Waals surface area contributed by atoms with E-state index in [4.69, 9.17) is 5.73 Å². The average Bonchev–Trinajstić information content (AvgIpc) is 2.99. The first-order chi connectivity index (χ1) is 9.70. The Morgan fingerprint density at radius 2 is 2.00 bits per heavy atom. The number of nitrogens with two attached hydrogens (primary N) is 1. The lowest BCUT2D eigenvalue weighted by molar-refractivity contribution is -0.123. The molecule has 2 aromatic rings. The van der Waals surface area contributed by atoms with Gasteiger partial charge in [-0.1, -0.05) is 43.3 Å². The number of rotatable bonds is 6. The van der Waals surface area contributed by atoms with Crippen molar-refractivity contribution in [2.45, 2.75) is 31.8 Å². The number of benzene rings is 1. The summed E-state index contributed by atoms with van der Waals surface area (Å²) in [4.78, 5) is 13.4. The number of thiophene rings is 1. The molecule has 106 valence electrons. The second-order valence-corrected chi connectivity index (χ2v) is 5.76. The molecule has 0 fully saturated rings. The number of hydrogen-bond acceptors (Lipinski definition) is 3. The van der Waals surface area contributed by atoms with Crippen LogP contribution in [0.15, 0.2) is 47.8 Å².